The van der Waals surface area contributed by atoms with E-state index in [2.05, 4.69) is 9.51 Å². The zero-order chi connectivity index (χ0) is 21.2. The first-order valence-corrected chi connectivity index (χ1v) is 10.1. The number of esters is 2. The van der Waals surface area contributed by atoms with Crippen molar-refractivity contribution >= 4 is 30.9 Å². The molecular formula is C19H20NO8P. The Hall–Kier alpha value is -2.87. The largest absolute Gasteiger partial charge is 0.527 e. The van der Waals surface area contributed by atoms with E-state index in [1.165, 1.54) is 18.4 Å². The first-order valence-electron chi connectivity index (χ1n) is 8.60. The number of ether oxygens (including phenoxy) is 1. The average molecular weight is 421 g/mol. The summed E-state index contributed by atoms with van der Waals surface area (Å²) in [6, 6.07) is 9.55. The molecule has 3 aromatic rings. The quantitative estimate of drug-likeness (QED) is 0.334. The van der Waals surface area contributed by atoms with Crippen molar-refractivity contribution in [3.05, 3.63) is 53.9 Å². The van der Waals surface area contributed by atoms with Crippen LogP contribution in [0, 0.1) is 0 Å². The number of para-hydroxylation sites is 1. The fourth-order valence-corrected chi connectivity index (χ4v) is 3.36. The van der Waals surface area contributed by atoms with E-state index in [0.29, 0.717) is 16.7 Å². The van der Waals surface area contributed by atoms with Crippen molar-refractivity contribution in [2.24, 2.45) is 0 Å². The predicted octanol–water partition coefficient (Wildman–Crippen LogP) is 3.94. The van der Waals surface area contributed by atoms with Crippen LogP contribution >= 0.6 is 7.82 Å². The molecule has 2 heterocycles. The summed E-state index contributed by atoms with van der Waals surface area (Å²) in [7, 11) is -3.23. The Kier molecular flexibility index (Phi) is 5.66. The van der Waals surface area contributed by atoms with Crippen LogP contribution in [0.4, 0.5) is 0 Å². The molecule has 2 N–H and O–H groups in total. The summed E-state index contributed by atoms with van der Waals surface area (Å²) < 4.78 is 31.4. The van der Waals surface area contributed by atoms with Crippen molar-refractivity contribution in [1.82, 2.24) is 4.98 Å². The van der Waals surface area contributed by atoms with Gasteiger partial charge in [0.1, 0.15) is 11.4 Å². The summed E-state index contributed by atoms with van der Waals surface area (Å²) in [4.78, 5) is 37.0. The molecule has 1 atom stereocenters. The van der Waals surface area contributed by atoms with Crippen LogP contribution in [-0.4, -0.2) is 28.9 Å². The number of hydrogen-bond acceptors (Lipinski definition) is 7. The first kappa shape index (κ1) is 20.9. The molecule has 0 fully saturated rings. The second kappa shape index (κ2) is 7.87. The molecule has 0 aliphatic heterocycles. The third-order valence-electron chi connectivity index (χ3n) is 4.31. The highest BCUT2D eigenvalue weighted by Gasteiger charge is 2.32. The van der Waals surface area contributed by atoms with Crippen LogP contribution in [0.1, 0.15) is 36.3 Å². The lowest BCUT2D eigenvalue weighted by molar-refractivity contribution is -0.139. The second-order valence-electron chi connectivity index (χ2n) is 6.94. The Bertz CT molecular complexity index is 1070. The monoisotopic (exact) mass is 421 g/mol. The number of phosphoric acid groups is 1. The molecule has 1 unspecified atom stereocenters. The first-order chi connectivity index (χ1) is 13.6. The van der Waals surface area contributed by atoms with Gasteiger partial charge in [-0.15, -0.1) is 0 Å². The van der Waals surface area contributed by atoms with Crippen LogP contribution in [0.3, 0.4) is 0 Å². The van der Waals surface area contributed by atoms with Gasteiger partial charge in [-0.1, -0.05) is 32.0 Å². The molecule has 0 saturated heterocycles. The maximum atomic E-state index is 12.4. The Morgan fingerprint density at radius 3 is 2.66 bits per heavy atom. The van der Waals surface area contributed by atoms with E-state index in [1.54, 1.807) is 38.1 Å². The molecule has 3 rings (SSSR count). The number of furan rings is 1. The summed E-state index contributed by atoms with van der Waals surface area (Å²) in [5.41, 5.74) is 0.791. The Balaban J connectivity index is 1.73. The van der Waals surface area contributed by atoms with E-state index in [1.807, 2.05) is 0 Å². The molecule has 10 heteroatoms. The molecule has 154 valence electrons. The van der Waals surface area contributed by atoms with Crippen LogP contribution < -0.4 is 4.52 Å². The number of fused-ring (bicyclic) bond motifs is 1. The topological polar surface area (TPSA) is 128 Å². The van der Waals surface area contributed by atoms with Crippen LogP contribution in [0.15, 0.2) is 47.1 Å². The van der Waals surface area contributed by atoms with Crippen molar-refractivity contribution in [3.63, 3.8) is 0 Å². The maximum Gasteiger partial charge on any atom is 0.527 e. The zero-order valence-electron chi connectivity index (χ0n) is 16.0. The highest BCUT2D eigenvalue weighted by atomic mass is 31.2. The molecule has 29 heavy (non-hydrogen) atoms. The highest BCUT2D eigenvalue weighted by molar-refractivity contribution is 7.47. The van der Waals surface area contributed by atoms with Gasteiger partial charge in [0.2, 0.25) is 0 Å². The number of nitrogens with one attached hydrogen (secondary N) is 1. The van der Waals surface area contributed by atoms with E-state index in [-0.39, 0.29) is 17.9 Å². The molecular weight excluding hydrogens is 401 g/mol. The Morgan fingerprint density at radius 2 is 1.97 bits per heavy atom. The maximum absolute atomic E-state index is 12.4. The van der Waals surface area contributed by atoms with E-state index >= 15 is 0 Å². The summed E-state index contributed by atoms with van der Waals surface area (Å²) in [5, 5.41) is 0. The van der Waals surface area contributed by atoms with Crippen molar-refractivity contribution in [2.75, 3.05) is 7.11 Å². The fraction of sp³-hybridized carbons (Fsp3) is 0.263. The number of benzene rings is 1. The molecule has 9 nitrogen and oxygen atoms in total. The normalized spacial score (nSPS) is 13.8. The van der Waals surface area contributed by atoms with E-state index in [9.17, 15) is 19.0 Å². The Labute approximate surface area is 166 Å². The SMILES string of the molecule is COP(=O)(O)Oc1ccccc1C(C)(C)CC(=O)OC(=O)c1cc2occc2[nH]1. The molecule has 0 aliphatic carbocycles. The molecule has 0 bridgehead atoms. The lowest BCUT2D eigenvalue weighted by Gasteiger charge is -2.26. The molecule has 0 spiro atoms. The van der Waals surface area contributed by atoms with Gasteiger partial charge in [0.25, 0.3) is 0 Å². The van der Waals surface area contributed by atoms with E-state index in [0.717, 1.165) is 7.11 Å². The van der Waals surface area contributed by atoms with Crippen LogP contribution in [0.2, 0.25) is 0 Å². The smallest absolute Gasteiger partial charge is 0.463 e. The standard InChI is InChI=1S/C19H20NO8P/c1-19(2,12-6-4-5-7-15(12)28-29(23,24)25-3)11-17(21)27-18(22)14-10-16-13(20-14)8-9-26-16/h4-10,20H,11H2,1-3H3,(H,23,24). The number of carbonyl (C=O) groups is 2. The number of aromatic nitrogens is 1. The minimum Gasteiger partial charge on any atom is -0.463 e. The van der Waals surface area contributed by atoms with Gasteiger partial charge in [-0.05, 0) is 6.07 Å². The third-order valence-corrected chi connectivity index (χ3v) is 5.20. The molecule has 0 aliphatic rings. The van der Waals surface area contributed by atoms with Gasteiger partial charge in [-0.3, -0.25) is 14.2 Å². The van der Waals surface area contributed by atoms with Gasteiger partial charge in [0.15, 0.2) is 5.58 Å². The van der Waals surface area contributed by atoms with E-state index in [4.69, 9.17) is 13.7 Å². The van der Waals surface area contributed by atoms with Gasteiger partial charge in [0.05, 0.1) is 18.2 Å². The molecule has 1 aromatic carbocycles. The van der Waals surface area contributed by atoms with Crippen molar-refractivity contribution in [1.29, 1.82) is 0 Å². The van der Waals surface area contributed by atoms with Crippen molar-refractivity contribution in [2.45, 2.75) is 25.7 Å². The molecule has 0 radical (unpaired) electrons. The average Bonchev–Trinajstić information content (AvgIpc) is 3.23. The van der Waals surface area contributed by atoms with Gasteiger partial charge >= 0.3 is 19.8 Å². The van der Waals surface area contributed by atoms with Gasteiger partial charge < -0.3 is 18.7 Å². The zero-order valence-corrected chi connectivity index (χ0v) is 16.9. The highest BCUT2D eigenvalue weighted by Crippen LogP contribution is 2.46. The Morgan fingerprint density at radius 1 is 1.24 bits per heavy atom. The number of phosphoric ester groups is 1. The van der Waals surface area contributed by atoms with Crippen LogP contribution in [0.5, 0.6) is 5.75 Å². The summed E-state index contributed by atoms with van der Waals surface area (Å²) in [6.45, 7) is 3.44. The lowest BCUT2D eigenvalue weighted by atomic mass is 9.81. The minimum absolute atomic E-state index is 0.0917. The molecule has 0 amide bonds. The number of rotatable bonds is 7. The summed E-state index contributed by atoms with van der Waals surface area (Å²) >= 11 is 0. The second-order valence-corrected chi connectivity index (χ2v) is 8.43. The van der Waals surface area contributed by atoms with Gasteiger partial charge in [0, 0.05) is 30.2 Å². The molecule has 0 saturated carbocycles. The van der Waals surface area contributed by atoms with Gasteiger partial charge in [-0.25, -0.2) is 9.36 Å². The fourth-order valence-electron chi connectivity index (χ4n) is 2.88. The van der Waals surface area contributed by atoms with Gasteiger partial charge in [-0.2, -0.15) is 0 Å². The minimum atomic E-state index is -4.28. The molecule has 2 aromatic heterocycles. The van der Waals surface area contributed by atoms with Crippen LogP contribution in [-0.2, 0) is 24.0 Å². The lowest BCUT2D eigenvalue weighted by Crippen LogP contribution is -2.25. The number of H-pyrrole nitrogens is 1. The number of hydrogen-bond donors (Lipinski definition) is 2. The van der Waals surface area contributed by atoms with E-state index < -0.39 is 25.2 Å². The van der Waals surface area contributed by atoms with Crippen molar-refractivity contribution < 1.29 is 37.2 Å². The van der Waals surface area contributed by atoms with Crippen molar-refractivity contribution in [3.8, 4) is 5.75 Å². The van der Waals surface area contributed by atoms with Crippen LogP contribution in [0.25, 0.3) is 11.1 Å². The number of carbonyl (C=O) groups excluding carboxylic acids is 2. The predicted molar refractivity (Wildman–Crippen MR) is 103 cm³/mol. The summed E-state index contributed by atoms with van der Waals surface area (Å²) in [6.07, 6.45) is 1.29. The summed E-state index contributed by atoms with van der Waals surface area (Å²) in [5.74, 6) is -1.50. The third kappa shape index (κ3) is 4.76. The number of aromatic amines is 1.